The van der Waals surface area contributed by atoms with Crippen molar-refractivity contribution in [3.63, 3.8) is 0 Å². The molecule has 0 unspecified atom stereocenters. The van der Waals surface area contributed by atoms with E-state index in [1.807, 2.05) is 12.1 Å². The summed E-state index contributed by atoms with van der Waals surface area (Å²) in [6.07, 6.45) is 1.78. The number of pyridine rings is 1. The van der Waals surface area contributed by atoms with Gasteiger partial charge in [0, 0.05) is 32.4 Å². The zero-order valence-electron chi connectivity index (χ0n) is 10.3. The second-order valence-electron chi connectivity index (χ2n) is 4.29. The third kappa shape index (κ3) is 2.19. The van der Waals surface area contributed by atoms with Crippen LogP contribution in [0.15, 0.2) is 22.9 Å². The molecular weight excluding hydrogens is 230 g/mol. The first-order valence-electron chi connectivity index (χ1n) is 6.05. The lowest BCUT2D eigenvalue weighted by Gasteiger charge is -2.28. The largest absolute Gasteiger partial charge is 0.354 e. The van der Waals surface area contributed by atoms with E-state index in [2.05, 4.69) is 25.3 Å². The van der Waals surface area contributed by atoms with Gasteiger partial charge in [0.25, 0.3) is 5.89 Å². The number of piperazine rings is 1. The quantitative estimate of drug-likeness (QED) is 0.846. The Morgan fingerprint density at radius 3 is 2.72 bits per heavy atom. The highest BCUT2D eigenvalue weighted by Gasteiger charge is 2.12. The van der Waals surface area contributed by atoms with E-state index in [9.17, 15) is 0 Å². The lowest BCUT2D eigenvalue weighted by molar-refractivity contribution is 0.425. The highest BCUT2D eigenvalue weighted by atomic mass is 16.5. The standard InChI is InChI=1S/C12H15N5O/c1-9-15-12(18-16-9)10-2-3-11(14-8-10)17-6-4-13-5-7-17/h2-3,8,13H,4-7H2,1H3. The van der Waals surface area contributed by atoms with E-state index >= 15 is 0 Å². The Bertz CT molecular complexity index is 516. The maximum atomic E-state index is 5.11. The van der Waals surface area contributed by atoms with Crippen molar-refractivity contribution in [2.45, 2.75) is 6.92 Å². The summed E-state index contributed by atoms with van der Waals surface area (Å²) >= 11 is 0. The molecule has 0 aromatic carbocycles. The number of aryl methyl sites for hydroxylation is 1. The minimum Gasteiger partial charge on any atom is -0.354 e. The fraction of sp³-hybridized carbons (Fsp3) is 0.417. The zero-order valence-corrected chi connectivity index (χ0v) is 10.3. The second kappa shape index (κ2) is 4.73. The number of hydrogen-bond donors (Lipinski definition) is 1. The van der Waals surface area contributed by atoms with Gasteiger partial charge in [-0.15, -0.1) is 0 Å². The van der Waals surface area contributed by atoms with E-state index in [4.69, 9.17) is 4.52 Å². The van der Waals surface area contributed by atoms with E-state index in [1.54, 1.807) is 13.1 Å². The lowest BCUT2D eigenvalue weighted by atomic mass is 10.2. The van der Waals surface area contributed by atoms with Crippen LogP contribution in [0.2, 0.25) is 0 Å². The van der Waals surface area contributed by atoms with Crippen molar-refractivity contribution in [3.05, 3.63) is 24.2 Å². The van der Waals surface area contributed by atoms with Crippen LogP contribution in [0.4, 0.5) is 5.82 Å². The van der Waals surface area contributed by atoms with E-state index in [-0.39, 0.29) is 0 Å². The highest BCUT2D eigenvalue weighted by molar-refractivity contribution is 5.54. The van der Waals surface area contributed by atoms with Gasteiger partial charge in [-0.3, -0.25) is 0 Å². The van der Waals surface area contributed by atoms with Crippen molar-refractivity contribution in [2.24, 2.45) is 0 Å². The van der Waals surface area contributed by atoms with E-state index in [0.29, 0.717) is 11.7 Å². The molecule has 6 heteroatoms. The first-order chi connectivity index (χ1) is 8.83. The van der Waals surface area contributed by atoms with Crippen LogP contribution in [0.1, 0.15) is 5.82 Å². The smallest absolute Gasteiger partial charge is 0.259 e. The maximum absolute atomic E-state index is 5.11. The maximum Gasteiger partial charge on any atom is 0.259 e. The molecule has 1 aliphatic heterocycles. The van der Waals surface area contributed by atoms with Crippen LogP contribution in [0, 0.1) is 6.92 Å². The fourth-order valence-corrected chi connectivity index (χ4v) is 2.01. The average Bonchev–Trinajstić information content (AvgIpc) is 2.87. The topological polar surface area (TPSA) is 67.1 Å². The number of hydrogen-bond acceptors (Lipinski definition) is 6. The van der Waals surface area contributed by atoms with Gasteiger partial charge in [-0.1, -0.05) is 5.16 Å². The molecule has 2 aromatic rings. The van der Waals surface area contributed by atoms with Crippen LogP contribution < -0.4 is 10.2 Å². The number of nitrogens with zero attached hydrogens (tertiary/aromatic N) is 4. The minimum atomic E-state index is 0.520. The second-order valence-corrected chi connectivity index (χ2v) is 4.29. The van der Waals surface area contributed by atoms with E-state index < -0.39 is 0 Å². The SMILES string of the molecule is Cc1noc(-c2ccc(N3CCNCC3)nc2)n1. The Kier molecular flexibility index (Phi) is 2.93. The third-order valence-electron chi connectivity index (χ3n) is 2.96. The van der Waals surface area contributed by atoms with Crippen LogP contribution in [0.3, 0.4) is 0 Å². The average molecular weight is 245 g/mol. The summed E-state index contributed by atoms with van der Waals surface area (Å²) in [5, 5.41) is 7.09. The van der Waals surface area contributed by atoms with Crippen LogP contribution in [-0.4, -0.2) is 41.3 Å². The van der Waals surface area contributed by atoms with Crippen LogP contribution >= 0.6 is 0 Å². The molecule has 0 bridgehead atoms. The molecule has 3 heterocycles. The van der Waals surface area contributed by atoms with E-state index in [0.717, 1.165) is 37.6 Å². The molecule has 1 aliphatic rings. The molecule has 2 aromatic heterocycles. The van der Waals surface area contributed by atoms with Gasteiger partial charge in [-0.2, -0.15) is 4.98 Å². The van der Waals surface area contributed by atoms with Crippen LogP contribution in [-0.2, 0) is 0 Å². The van der Waals surface area contributed by atoms with Gasteiger partial charge >= 0.3 is 0 Å². The summed E-state index contributed by atoms with van der Waals surface area (Å²) in [5.74, 6) is 2.15. The molecule has 1 fully saturated rings. The minimum absolute atomic E-state index is 0.520. The van der Waals surface area contributed by atoms with Crippen molar-refractivity contribution in [3.8, 4) is 11.5 Å². The molecule has 3 rings (SSSR count). The Morgan fingerprint density at radius 2 is 2.11 bits per heavy atom. The predicted octanol–water partition coefficient (Wildman–Crippen LogP) is 0.850. The van der Waals surface area contributed by atoms with Gasteiger partial charge in [0.15, 0.2) is 5.82 Å². The lowest BCUT2D eigenvalue weighted by Crippen LogP contribution is -2.43. The third-order valence-corrected chi connectivity index (χ3v) is 2.96. The van der Waals surface area contributed by atoms with Gasteiger partial charge in [-0.25, -0.2) is 4.98 Å². The molecule has 6 nitrogen and oxygen atoms in total. The van der Waals surface area contributed by atoms with Gasteiger partial charge in [-0.05, 0) is 19.1 Å². The molecule has 0 spiro atoms. The van der Waals surface area contributed by atoms with Crippen molar-refractivity contribution in [2.75, 3.05) is 31.1 Å². The Balaban J connectivity index is 1.80. The first kappa shape index (κ1) is 11.2. The van der Waals surface area contributed by atoms with Crippen molar-refractivity contribution in [1.82, 2.24) is 20.4 Å². The van der Waals surface area contributed by atoms with Crippen molar-refractivity contribution < 1.29 is 4.52 Å². The molecule has 0 radical (unpaired) electrons. The van der Waals surface area contributed by atoms with Gasteiger partial charge in [0.2, 0.25) is 0 Å². The summed E-state index contributed by atoms with van der Waals surface area (Å²) in [6, 6.07) is 3.97. The van der Waals surface area contributed by atoms with Gasteiger partial charge < -0.3 is 14.7 Å². The highest BCUT2D eigenvalue weighted by Crippen LogP contribution is 2.19. The predicted molar refractivity (Wildman–Crippen MR) is 67.3 cm³/mol. The monoisotopic (exact) mass is 245 g/mol. The van der Waals surface area contributed by atoms with Crippen molar-refractivity contribution >= 4 is 5.82 Å². The van der Waals surface area contributed by atoms with E-state index in [1.165, 1.54) is 0 Å². The molecule has 18 heavy (non-hydrogen) atoms. The molecule has 0 aliphatic carbocycles. The van der Waals surface area contributed by atoms with Crippen molar-refractivity contribution in [1.29, 1.82) is 0 Å². The number of anilines is 1. The molecule has 0 atom stereocenters. The van der Waals surface area contributed by atoms with Crippen LogP contribution in [0.25, 0.3) is 11.5 Å². The molecule has 94 valence electrons. The fourth-order valence-electron chi connectivity index (χ4n) is 2.01. The molecule has 0 saturated carbocycles. The number of nitrogens with one attached hydrogen (secondary N) is 1. The number of rotatable bonds is 2. The Morgan fingerprint density at radius 1 is 1.28 bits per heavy atom. The molecule has 0 amide bonds. The zero-order chi connectivity index (χ0) is 12.4. The molecule has 1 saturated heterocycles. The summed E-state index contributed by atoms with van der Waals surface area (Å²) < 4.78 is 5.11. The van der Waals surface area contributed by atoms with Crippen LogP contribution in [0.5, 0.6) is 0 Å². The summed E-state index contributed by atoms with van der Waals surface area (Å²) in [4.78, 5) is 10.9. The van der Waals surface area contributed by atoms with Gasteiger partial charge in [0.05, 0.1) is 5.56 Å². The summed E-state index contributed by atoms with van der Waals surface area (Å²) in [6.45, 7) is 5.80. The Hall–Kier alpha value is -1.95. The first-order valence-corrected chi connectivity index (χ1v) is 6.05. The number of aromatic nitrogens is 3. The summed E-state index contributed by atoms with van der Waals surface area (Å²) in [5.41, 5.74) is 0.856. The normalized spacial score (nSPS) is 15.9. The Labute approximate surface area is 105 Å². The summed E-state index contributed by atoms with van der Waals surface area (Å²) in [7, 11) is 0. The molecular formula is C12H15N5O. The van der Waals surface area contributed by atoms with Gasteiger partial charge in [0.1, 0.15) is 5.82 Å². The molecule has 1 N–H and O–H groups in total.